The fourth-order valence-electron chi connectivity index (χ4n) is 3.04. The number of allylic oxidation sites excluding steroid dienone is 2. The molecule has 0 radical (unpaired) electrons. The Morgan fingerprint density at radius 2 is 1.88 bits per heavy atom. The van der Waals surface area contributed by atoms with E-state index in [1.807, 2.05) is 24.3 Å². The molecule has 2 aromatic carbocycles. The van der Waals surface area contributed by atoms with Gasteiger partial charge in [-0.3, -0.25) is 4.90 Å². The van der Waals surface area contributed by atoms with Crippen LogP contribution in [0.3, 0.4) is 0 Å². The first kappa shape index (κ1) is 26.1. The minimum Gasteiger partial charge on any atom is -0.443 e. The molecule has 0 saturated heterocycles. The van der Waals surface area contributed by atoms with Crippen molar-refractivity contribution in [2.24, 2.45) is 0 Å². The van der Waals surface area contributed by atoms with Gasteiger partial charge in [-0.15, -0.1) is 0 Å². The maximum atomic E-state index is 13.4. The highest BCUT2D eigenvalue weighted by Crippen LogP contribution is 2.29. The van der Waals surface area contributed by atoms with E-state index < -0.39 is 11.7 Å². The second kappa shape index (κ2) is 10.8. The minimum atomic E-state index is -0.729. The van der Waals surface area contributed by atoms with Gasteiger partial charge in [0, 0.05) is 19.7 Å². The van der Waals surface area contributed by atoms with E-state index in [9.17, 15) is 4.79 Å². The zero-order chi connectivity index (χ0) is 25.0. The van der Waals surface area contributed by atoms with Gasteiger partial charge in [0.05, 0.1) is 12.7 Å². The van der Waals surface area contributed by atoms with Crippen LogP contribution in [0.15, 0.2) is 67.4 Å². The summed E-state index contributed by atoms with van der Waals surface area (Å²) < 4.78 is 8.29. The van der Waals surface area contributed by atoms with Gasteiger partial charge >= 0.3 is 6.09 Å². The molecule has 3 aromatic rings. The molecule has 0 aliphatic rings. The lowest BCUT2D eigenvalue weighted by Gasteiger charge is -2.30. The van der Waals surface area contributed by atoms with Crippen molar-refractivity contribution in [2.75, 3.05) is 5.73 Å². The van der Waals surface area contributed by atoms with Gasteiger partial charge in [-0.25, -0.2) is 9.48 Å². The largest absolute Gasteiger partial charge is 0.443 e. The number of ether oxygens (including phenoxy) is 1. The molecule has 0 saturated carbocycles. The number of rotatable bonds is 6. The van der Waals surface area contributed by atoms with Gasteiger partial charge in [-0.1, -0.05) is 48.0 Å². The Morgan fingerprint density at radius 3 is 2.44 bits per heavy atom. The van der Waals surface area contributed by atoms with Crippen LogP contribution in [0.2, 0.25) is 10.0 Å². The zero-order valence-electron chi connectivity index (χ0n) is 19.1. The van der Waals surface area contributed by atoms with E-state index >= 15 is 0 Å². The molecule has 178 valence electrons. The molecule has 0 aliphatic heterocycles. The Hall–Kier alpha value is -2.49. The van der Waals surface area contributed by atoms with E-state index in [0.29, 0.717) is 32.8 Å². The molecule has 3 rings (SSSR count). The van der Waals surface area contributed by atoms with Crippen molar-refractivity contribution in [3.05, 3.63) is 92.1 Å². The fraction of sp³-hybridized carbons (Fsp3) is 0.200. The molecule has 0 spiro atoms. The molecule has 0 bridgehead atoms. The summed E-state index contributed by atoms with van der Waals surface area (Å²) in [6.07, 6.45) is 2.72. The highest BCUT2D eigenvalue weighted by atomic mass is 127. The standard InChI is InChI=1S/C25H25Cl2IN4O2/c1-16(17-6-9-20(28)10-7-17)13-23(32-22(29)11-12-30-32)31(24(33)34-25(2,3)4)15-18-5-8-19(26)14-21(18)27/h5-14H,1,15,29H2,2-4H3/b23-13-. The van der Waals surface area contributed by atoms with Crippen LogP contribution in [0.5, 0.6) is 0 Å². The van der Waals surface area contributed by atoms with E-state index in [4.69, 9.17) is 33.7 Å². The lowest BCUT2D eigenvalue weighted by atomic mass is 10.1. The average Bonchev–Trinajstić information content (AvgIpc) is 3.16. The number of benzene rings is 2. The van der Waals surface area contributed by atoms with Crippen molar-refractivity contribution < 1.29 is 9.53 Å². The van der Waals surface area contributed by atoms with Crippen molar-refractivity contribution >= 4 is 69.1 Å². The number of carbonyl (C=O) groups is 1. The number of nitrogens with zero attached hydrogens (tertiary/aromatic N) is 3. The van der Waals surface area contributed by atoms with Crippen LogP contribution in [0, 0.1) is 3.57 Å². The molecule has 2 N–H and O–H groups in total. The van der Waals surface area contributed by atoms with Crippen molar-refractivity contribution in [1.29, 1.82) is 0 Å². The van der Waals surface area contributed by atoms with E-state index in [2.05, 4.69) is 34.3 Å². The number of nitrogen functional groups attached to an aromatic ring is 1. The van der Waals surface area contributed by atoms with Gasteiger partial charge in [0.15, 0.2) is 0 Å². The number of halogens is 3. The normalized spacial score (nSPS) is 11.9. The van der Waals surface area contributed by atoms with Crippen LogP contribution in [0.1, 0.15) is 31.9 Å². The molecule has 1 amide bonds. The van der Waals surface area contributed by atoms with Gasteiger partial charge in [0.1, 0.15) is 17.2 Å². The van der Waals surface area contributed by atoms with Crippen molar-refractivity contribution in [3.63, 3.8) is 0 Å². The Morgan fingerprint density at radius 1 is 1.21 bits per heavy atom. The summed E-state index contributed by atoms with van der Waals surface area (Å²) in [6.45, 7) is 9.70. The molecular formula is C25H25Cl2IN4O2. The predicted molar refractivity (Wildman–Crippen MR) is 147 cm³/mol. The SMILES string of the molecule is C=C(/C=C(/N(Cc1ccc(Cl)cc1Cl)C(=O)OC(C)(C)C)n1nccc1N)c1ccc(I)cc1. The Kier molecular flexibility index (Phi) is 8.33. The summed E-state index contributed by atoms with van der Waals surface area (Å²) in [5.74, 6) is 0.712. The molecule has 0 aliphatic carbocycles. The maximum Gasteiger partial charge on any atom is 0.416 e. The van der Waals surface area contributed by atoms with E-state index in [0.717, 1.165) is 9.13 Å². The molecule has 0 atom stereocenters. The van der Waals surface area contributed by atoms with Crippen LogP contribution < -0.4 is 5.73 Å². The van der Waals surface area contributed by atoms with Gasteiger partial charge in [0.2, 0.25) is 0 Å². The van der Waals surface area contributed by atoms with Gasteiger partial charge in [-0.05, 0) is 90.4 Å². The van der Waals surface area contributed by atoms with E-state index in [1.165, 1.54) is 9.58 Å². The summed E-state index contributed by atoms with van der Waals surface area (Å²) in [5.41, 5.74) is 7.69. The third-order valence-electron chi connectivity index (χ3n) is 4.64. The number of anilines is 1. The monoisotopic (exact) mass is 610 g/mol. The first-order valence-electron chi connectivity index (χ1n) is 10.4. The zero-order valence-corrected chi connectivity index (χ0v) is 22.7. The molecule has 1 aromatic heterocycles. The Bertz CT molecular complexity index is 1230. The predicted octanol–water partition coefficient (Wildman–Crippen LogP) is 7.33. The minimum absolute atomic E-state index is 0.0933. The number of nitrogens with two attached hydrogens (primary N) is 1. The molecule has 9 heteroatoms. The number of amides is 1. The second-order valence-electron chi connectivity index (χ2n) is 8.50. The van der Waals surface area contributed by atoms with Gasteiger partial charge in [-0.2, -0.15) is 5.10 Å². The van der Waals surface area contributed by atoms with Crippen molar-refractivity contribution in [3.8, 4) is 0 Å². The van der Waals surface area contributed by atoms with Crippen LogP contribution in [-0.2, 0) is 11.3 Å². The number of hydrogen-bond acceptors (Lipinski definition) is 4. The molecule has 0 unspecified atom stereocenters. The highest BCUT2D eigenvalue weighted by Gasteiger charge is 2.28. The lowest BCUT2D eigenvalue weighted by molar-refractivity contribution is 0.0332. The van der Waals surface area contributed by atoms with E-state index in [-0.39, 0.29) is 6.54 Å². The molecule has 0 fully saturated rings. The summed E-state index contributed by atoms with van der Waals surface area (Å²) in [5, 5.41) is 5.25. The topological polar surface area (TPSA) is 73.4 Å². The fourth-order valence-corrected chi connectivity index (χ4v) is 3.87. The maximum absolute atomic E-state index is 13.4. The molecule has 1 heterocycles. The quantitative estimate of drug-likeness (QED) is 0.234. The average molecular weight is 611 g/mol. The number of hydrogen-bond donors (Lipinski definition) is 1. The van der Waals surface area contributed by atoms with Crippen LogP contribution in [0.4, 0.5) is 10.6 Å². The highest BCUT2D eigenvalue weighted by molar-refractivity contribution is 14.1. The summed E-state index contributed by atoms with van der Waals surface area (Å²) >= 11 is 14.8. The van der Waals surface area contributed by atoms with Crippen molar-refractivity contribution in [2.45, 2.75) is 32.9 Å². The Balaban J connectivity index is 2.14. The first-order valence-corrected chi connectivity index (χ1v) is 12.2. The second-order valence-corrected chi connectivity index (χ2v) is 10.6. The summed E-state index contributed by atoms with van der Waals surface area (Å²) in [4.78, 5) is 14.9. The van der Waals surface area contributed by atoms with Crippen LogP contribution in [-0.4, -0.2) is 26.4 Å². The first-order chi connectivity index (χ1) is 15.9. The molecule has 34 heavy (non-hydrogen) atoms. The van der Waals surface area contributed by atoms with Crippen LogP contribution >= 0.6 is 45.8 Å². The summed E-state index contributed by atoms with van der Waals surface area (Å²) in [6, 6.07) is 14.6. The Labute approximate surface area is 223 Å². The van der Waals surface area contributed by atoms with Gasteiger partial charge in [0.25, 0.3) is 0 Å². The smallest absolute Gasteiger partial charge is 0.416 e. The summed E-state index contributed by atoms with van der Waals surface area (Å²) in [7, 11) is 0. The van der Waals surface area contributed by atoms with Crippen molar-refractivity contribution in [1.82, 2.24) is 14.7 Å². The molecule has 6 nitrogen and oxygen atoms in total. The number of carbonyl (C=O) groups excluding carboxylic acids is 1. The van der Waals surface area contributed by atoms with Gasteiger partial charge < -0.3 is 10.5 Å². The van der Waals surface area contributed by atoms with E-state index in [1.54, 1.807) is 57.3 Å². The van der Waals surface area contributed by atoms with Crippen LogP contribution in [0.25, 0.3) is 11.4 Å². The number of aromatic nitrogens is 2. The molecular weight excluding hydrogens is 586 g/mol. The lowest BCUT2D eigenvalue weighted by Crippen LogP contribution is -2.37. The third kappa shape index (κ3) is 6.77. The third-order valence-corrected chi connectivity index (χ3v) is 5.95.